The van der Waals surface area contributed by atoms with Crippen molar-refractivity contribution in [3.63, 3.8) is 0 Å². The molecule has 4 aliphatic heterocycles. The number of allylic oxidation sites excluding steroid dienone is 3. The first-order chi connectivity index (χ1) is 33.3. The van der Waals surface area contributed by atoms with E-state index in [4.69, 9.17) is 41.9 Å². The number of aliphatic hydroxyl groups is 6. The molecule has 3 saturated carbocycles. The first-order valence-corrected chi connectivity index (χ1v) is 27.4. The number of fused-ring (bicyclic) bond motifs is 4. The van der Waals surface area contributed by atoms with Crippen LogP contribution < -0.4 is 0 Å². The minimum atomic E-state index is -5.16. The first-order valence-electron chi connectivity index (χ1n) is 24.7. The fourth-order valence-electron chi connectivity index (χ4n) is 14.5. The van der Waals surface area contributed by atoms with Crippen LogP contribution in [0.5, 0.6) is 0 Å². The molecule has 72 heavy (non-hydrogen) atoms. The van der Waals surface area contributed by atoms with E-state index in [1.54, 1.807) is 0 Å². The van der Waals surface area contributed by atoms with Gasteiger partial charge in [-0.2, -0.15) is 16.8 Å². The Morgan fingerprint density at radius 3 is 2.11 bits per heavy atom. The highest BCUT2D eigenvalue weighted by Gasteiger charge is 2.79. The number of hydrogen-bond donors (Lipinski definition) is 8. The van der Waals surface area contributed by atoms with Gasteiger partial charge >= 0.3 is 26.8 Å². The lowest BCUT2D eigenvalue weighted by molar-refractivity contribution is -0.379. The summed E-state index contributed by atoms with van der Waals surface area (Å²) in [4.78, 5) is 28.6. The van der Waals surface area contributed by atoms with Gasteiger partial charge in [0.05, 0.1) is 36.8 Å². The number of carbonyl (C=O) groups is 2. The number of esters is 1. The Kier molecular flexibility index (Phi) is 15.4. The molecule has 0 aromatic carbocycles. The zero-order valence-electron chi connectivity index (χ0n) is 41.5. The van der Waals surface area contributed by atoms with E-state index in [9.17, 15) is 61.6 Å². The molecule has 4 saturated heterocycles. The molecule has 4 heterocycles. The van der Waals surface area contributed by atoms with Crippen LogP contribution >= 0.6 is 0 Å². The Morgan fingerprint density at radius 2 is 1.46 bits per heavy atom. The molecule has 0 unspecified atom stereocenters. The summed E-state index contributed by atoms with van der Waals surface area (Å²) in [6, 6.07) is 0. The zero-order valence-corrected chi connectivity index (χ0v) is 43.1. The van der Waals surface area contributed by atoms with Crippen molar-refractivity contribution in [1.29, 1.82) is 0 Å². The molecule has 8 rings (SSSR count). The van der Waals surface area contributed by atoms with Crippen molar-refractivity contribution in [2.75, 3.05) is 13.2 Å². The van der Waals surface area contributed by atoms with E-state index in [1.807, 2.05) is 13.8 Å². The summed E-state index contributed by atoms with van der Waals surface area (Å²) in [6.45, 7) is 16.1. The highest BCUT2D eigenvalue weighted by molar-refractivity contribution is 7.81. The second kappa shape index (κ2) is 19.7. The van der Waals surface area contributed by atoms with E-state index in [1.165, 1.54) is 12.5 Å². The minimum absolute atomic E-state index is 0.0128. The van der Waals surface area contributed by atoms with Crippen LogP contribution in [0.25, 0.3) is 0 Å². The summed E-state index contributed by atoms with van der Waals surface area (Å²) in [6.07, 6.45) is -18.2. The van der Waals surface area contributed by atoms with Crippen LogP contribution in [0.2, 0.25) is 0 Å². The molecule has 25 heteroatoms. The van der Waals surface area contributed by atoms with E-state index < -0.39 is 154 Å². The molecule has 22 atom stereocenters. The van der Waals surface area contributed by atoms with Gasteiger partial charge in [-0.3, -0.25) is 18.7 Å². The summed E-state index contributed by atoms with van der Waals surface area (Å²) in [5, 5.41) is 65.9. The minimum Gasteiger partial charge on any atom is -0.458 e. The lowest BCUT2D eigenvalue weighted by Gasteiger charge is -2.63. The third-order valence-corrected chi connectivity index (χ3v) is 18.9. The maximum absolute atomic E-state index is 14.3. The summed E-state index contributed by atoms with van der Waals surface area (Å²) in [5.41, 5.74) is -1.34. The summed E-state index contributed by atoms with van der Waals surface area (Å²) < 4.78 is 116. The zero-order chi connectivity index (χ0) is 53.1. The molecule has 0 aromatic rings. The molecule has 4 aliphatic carbocycles. The number of ether oxygens (including phenoxy) is 7. The standard InChI is InChI=1S/C47H72O23S2/c1-21(2)10-9-15-46(8)38-25(48)18-45(7)24-11-12-28-43(4,5)29(14-16-44(28,6)23(24)13-17-47(38,45)42(55)69-46)66-41-37(31(50)27(19-62-41)70-72(59,60)61)68-39-35(54)33(52)36(22(3)64-39)67-40-34(53)32(51)30(49)26(65-40)20-63-71(56,57)58/h13,22,24,26-41,49-54H,1,9-12,14-20H2,2-8H3,(H,56,57,58)(H,59,60,61)/t22-,24-,26-,27-,28+,29+,30-,31+,32+,33-,34-,35-,36-,37-,38-,39+,40+,41+,44-,45+,46+,47+/m1/s1. The van der Waals surface area contributed by atoms with Crippen LogP contribution in [0.15, 0.2) is 23.8 Å². The third-order valence-electron chi connectivity index (χ3n) is 17.9. The Balaban J connectivity index is 0.990. The van der Waals surface area contributed by atoms with Crippen LogP contribution in [0, 0.1) is 39.4 Å². The second-order valence-electron chi connectivity index (χ2n) is 22.8. The van der Waals surface area contributed by atoms with Crippen LogP contribution in [-0.4, -0.2) is 179 Å². The van der Waals surface area contributed by atoms with Crippen molar-refractivity contribution in [1.82, 2.24) is 0 Å². The monoisotopic (exact) mass is 1070 g/mol. The third kappa shape index (κ3) is 9.70. The van der Waals surface area contributed by atoms with Crippen molar-refractivity contribution < 1.29 is 108 Å². The maximum Gasteiger partial charge on any atom is 0.397 e. The van der Waals surface area contributed by atoms with Gasteiger partial charge in [-0.05, 0) is 100 Å². The molecule has 1 spiro atoms. The second-order valence-corrected chi connectivity index (χ2v) is 24.9. The molecule has 23 nitrogen and oxygen atoms in total. The predicted molar refractivity (Wildman–Crippen MR) is 244 cm³/mol. The Morgan fingerprint density at radius 1 is 0.806 bits per heavy atom. The first kappa shape index (κ1) is 56.1. The van der Waals surface area contributed by atoms with Crippen LogP contribution in [0.4, 0.5) is 0 Å². The fourth-order valence-corrected chi connectivity index (χ4v) is 15.2. The largest absolute Gasteiger partial charge is 0.458 e. The number of ketones is 1. The van der Waals surface area contributed by atoms with E-state index in [-0.39, 0.29) is 35.4 Å². The Bertz CT molecular complexity index is 2350. The number of hydrogen-bond acceptors (Lipinski definition) is 21. The molecule has 0 bridgehead atoms. The summed E-state index contributed by atoms with van der Waals surface area (Å²) >= 11 is 0. The Hall–Kier alpha value is -2.12. The molecule has 410 valence electrons. The molecular formula is C47H72O23S2. The van der Waals surface area contributed by atoms with Gasteiger partial charge in [0.2, 0.25) is 0 Å². The van der Waals surface area contributed by atoms with Gasteiger partial charge in [-0.15, -0.1) is 6.58 Å². The summed E-state index contributed by atoms with van der Waals surface area (Å²) in [7, 11) is -10.2. The highest BCUT2D eigenvalue weighted by Crippen LogP contribution is 2.75. The summed E-state index contributed by atoms with van der Waals surface area (Å²) in [5.74, 6) is -0.866. The van der Waals surface area contributed by atoms with Gasteiger partial charge in [-0.25, -0.2) is 8.37 Å². The van der Waals surface area contributed by atoms with Crippen LogP contribution in [0.3, 0.4) is 0 Å². The van der Waals surface area contributed by atoms with E-state index in [0.717, 1.165) is 18.4 Å². The normalized spacial score (nSPS) is 48.2. The van der Waals surface area contributed by atoms with E-state index >= 15 is 0 Å². The molecule has 0 amide bonds. The van der Waals surface area contributed by atoms with Crippen LogP contribution in [-0.2, 0) is 71.9 Å². The van der Waals surface area contributed by atoms with Crippen molar-refractivity contribution in [3.05, 3.63) is 23.8 Å². The molecule has 0 radical (unpaired) electrons. The molecular weight excluding hydrogens is 997 g/mol. The topological polar surface area (TPSA) is 347 Å². The average Bonchev–Trinajstić information content (AvgIpc) is 3.66. The molecule has 8 aliphatic rings. The van der Waals surface area contributed by atoms with Gasteiger partial charge < -0.3 is 63.8 Å². The van der Waals surface area contributed by atoms with Gasteiger partial charge in [0, 0.05) is 6.42 Å². The van der Waals surface area contributed by atoms with Crippen molar-refractivity contribution >= 4 is 32.6 Å². The van der Waals surface area contributed by atoms with E-state index in [2.05, 4.69) is 44.5 Å². The van der Waals surface area contributed by atoms with Gasteiger partial charge in [-0.1, -0.05) is 44.9 Å². The van der Waals surface area contributed by atoms with Crippen molar-refractivity contribution in [2.24, 2.45) is 39.4 Å². The van der Waals surface area contributed by atoms with Crippen molar-refractivity contribution in [2.45, 2.75) is 204 Å². The predicted octanol–water partition coefficient (Wildman–Crippen LogP) is 0.967. The lowest BCUT2D eigenvalue weighted by Crippen LogP contribution is -2.65. The smallest absolute Gasteiger partial charge is 0.397 e. The van der Waals surface area contributed by atoms with Gasteiger partial charge in [0.25, 0.3) is 0 Å². The Labute approximate surface area is 419 Å². The van der Waals surface area contributed by atoms with Gasteiger partial charge in [0.15, 0.2) is 18.9 Å². The number of cyclic esters (lactones) is 1. The highest BCUT2D eigenvalue weighted by atomic mass is 32.3. The fraction of sp³-hybridized carbons (Fsp3) is 0.872. The SMILES string of the molecule is C=C(C)CCC[C@]1(C)OC(=O)[C@@]23CC=C4[C@@H](CC[C@H]5C(C)(C)[C@@H](O[C@@H]6OC[C@@H](OS(=O)(=O)O)[C@H](O)[C@H]6O[C@@H]6O[C@H](C)[C@@H](O[C@@H]7O[C@H](COS(=O)(=O)O)[C@@H](O)[C@H](O)[C@H]7O)[C@H](O)[C@H]6O)CC[C@]45C)[C@]2(C)CC(=O)[C@H]13. The van der Waals surface area contributed by atoms with Crippen molar-refractivity contribution in [3.8, 4) is 0 Å². The number of carbonyl (C=O) groups excluding carboxylic acids is 2. The molecule has 0 aromatic heterocycles. The van der Waals surface area contributed by atoms with Crippen LogP contribution in [0.1, 0.15) is 106 Å². The molecule has 7 fully saturated rings. The number of rotatable bonds is 15. The maximum atomic E-state index is 14.3. The number of aliphatic hydroxyl groups excluding tert-OH is 6. The molecule has 8 N–H and O–H groups in total. The quantitative estimate of drug-likeness (QED) is 0.0490. The number of Topliss-reactive ketones (excluding diaryl/α,β-unsaturated/α-hetero) is 1. The average molecular weight is 1070 g/mol. The lowest BCUT2D eigenvalue weighted by atomic mass is 9.41. The van der Waals surface area contributed by atoms with Gasteiger partial charge in [0.1, 0.15) is 72.4 Å². The van der Waals surface area contributed by atoms with E-state index in [0.29, 0.717) is 38.5 Å².